The fourth-order valence-corrected chi connectivity index (χ4v) is 3.93. The van der Waals surface area contributed by atoms with Crippen molar-refractivity contribution in [2.24, 2.45) is 5.41 Å². The molecular formula is C18H20N4O2. The number of amides is 2. The molecule has 1 aromatic rings. The van der Waals surface area contributed by atoms with E-state index in [4.69, 9.17) is 5.26 Å². The molecule has 1 aromatic heterocycles. The predicted molar refractivity (Wildman–Crippen MR) is 85.9 cm³/mol. The maximum atomic E-state index is 12.4. The van der Waals surface area contributed by atoms with Crippen molar-refractivity contribution in [2.75, 3.05) is 13.1 Å². The Hall–Kier alpha value is -2.42. The number of carbonyl (C=O) groups is 2. The number of nitriles is 1. The van der Waals surface area contributed by atoms with E-state index in [1.165, 1.54) is 12.8 Å². The first-order chi connectivity index (χ1) is 11.6. The molecule has 2 amide bonds. The molecule has 6 nitrogen and oxygen atoms in total. The van der Waals surface area contributed by atoms with Crippen molar-refractivity contribution in [3.63, 3.8) is 0 Å². The van der Waals surface area contributed by atoms with Crippen LogP contribution in [0.5, 0.6) is 0 Å². The number of pyridine rings is 1. The van der Waals surface area contributed by atoms with Crippen LogP contribution < -0.4 is 5.32 Å². The average molecular weight is 324 g/mol. The van der Waals surface area contributed by atoms with Gasteiger partial charge in [0.05, 0.1) is 6.07 Å². The zero-order chi connectivity index (χ0) is 16.7. The Morgan fingerprint density at radius 2 is 2.12 bits per heavy atom. The van der Waals surface area contributed by atoms with E-state index in [1.54, 1.807) is 17.2 Å². The fourth-order valence-electron chi connectivity index (χ4n) is 3.93. The van der Waals surface area contributed by atoms with Crippen LogP contribution in [0, 0.1) is 16.7 Å². The first-order valence-corrected chi connectivity index (χ1v) is 8.50. The molecule has 2 heterocycles. The van der Waals surface area contributed by atoms with Crippen LogP contribution in [0.1, 0.15) is 54.1 Å². The third kappa shape index (κ3) is 2.75. The Morgan fingerprint density at radius 1 is 1.38 bits per heavy atom. The predicted octanol–water partition coefficient (Wildman–Crippen LogP) is 1.59. The van der Waals surface area contributed by atoms with Crippen LogP contribution in [0.4, 0.5) is 0 Å². The van der Waals surface area contributed by atoms with E-state index in [1.807, 2.05) is 12.1 Å². The van der Waals surface area contributed by atoms with Gasteiger partial charge in [-0.25, -0.2) is 0 Å². The van der Waals surface area contributed by atoms with Crippen molar-refractivity contribution < 1.29 is 9.59 Å². The quantitative estimate of drug-likeness (QED) is 0.911. The van der Waals surface area contributed by atoms with E-state index in [-0.39, 0.29) is 29.7 Å². The van der Waals surface area contributed by atoms with Crippen LogP contribution in [0.3, 0.4) is 0 Å². The van der Waals surface area contributed by atoms with E-state index in [9.17, 15) is 9.59 Å². The summed E-state index contributed by atoms with van der Waals surface area (Å²) in [4.78, 5) is 30.1. The van der Waals surface area contributed by atoms with E-state index < -0.39 is 0 Å². The Balaban J connectivity index is 1.27. The number of rotatable bonds is 4. The lowest BCUT2D eigenvalue weighted by Crippen LogP contribution is -2.67. The summed E-state index contributed by atoms with van der Waals surface area (Å²) in [6.07, 6.45) is 5.84. The SMILES string of the molecule is N#CCC(=O)N1CC2(CC(NC(=O)c3ccnc(C4CC4)c3)C2)C1. The highest BCUT2D eigenvalue weighted by molar-refractivity contribution is 5.94. The molecule has 2 saturated carbocycles. The largest absolute Gasteiger partial charge is 0.349 e. The Labute approximate surface area is 140 Å². The molecule has 0 bridgehead atoms. The molecule has 124 valence electrons. The van der Waals surface area contributed by atoms with Crippen LogP contribution in [0.2, 0.25) is 0 Å². The molecule has 1 aliphatic heterocycles. The van der Waals surface area contributed by atoms with Gasteiger partial charge in [0.1, 0.15) is 6.42 Å². The second-order valence-corrected chi connectivity index (χ2v) is 7.41. The van der Waals surface area contributed by atoms with Gasteiger partial charge in [0.2, 0.25) is 5.91 Å². The van der Waals surface area contributed by atoms with Gasteiger partial charge in [0.25, 0.3) is 5.91 Å². The molecule has 0 atom stereocenters. The summed E-state index contributed by atoms with van der Waals surface area (Å²) in [6, 6.07) is 5.76. The number of hydrogen-bond donors (Lipinski definition) is 1. The monoisotopic (exact) mass is 324 g/mol. The maximum Gasteiger partial charge on any atom is 0.251 e. The third-order valence-electron chi connectivity index (χ3n) is 5.37. The molecule has 3 fully saturated rings. The summed E-state index contributed by atoms with van der Waals surface area (Å²) >= 11 is 0. The van der Waals surface area contributed by atoms with E-state index in [0.717, 1.165) is 31.6 Å². The number of aromatic nitrogens is 1. The molecular weight excluding hydrogens is 304 g/mol. The second kappa shape index (κ2) is 5.59. The molecule has 1 saturated heterocycles. The highest BCUT2D eigenvalue weighted by atomic mass is 16.2. The van der Waals surface area contributed by atoms with Crippen LogP contribution in [-0.4, -0.2) is 40.8 Å². The number of likely N-dealkylation sites (tertiary alicyclic amines) is 1. The molecule has 3 aliphatic rings. The number of carbonyl (C=O) groups excluding carboxylic acids is 2. The lowest BCUT2D eigenvalue weighted by molar-refractivity contribution is -0.150. The van der Waals surface area contributed by atoms with Crippen molar-refractivity contribution in [3.8, 4) is 6.07 Å². The summed E-state index contributed by atoms with van der Waals surface area (Å²) < 4.78 is 0. The third-order valence-corrected chi connectivity index (χ3v) is 5.37. The Kier molecular flexibility index (Phi) is 3.52. The van der Waals surface area contributed by atoms with Gasteiger partial charge >= 0.3 is 0 Å². The van der Waals surface area contributed by atoms with E-state index in [2.05, 4.69) is 10.3 Å². The Bertz CT molecular complexity index is 721. The lowest BCUT2D eigenvalue weighted by atomic mass is 9.60. The molecule has 24 heavy (non-hydrogen) atoms. The zero-order valence-electron chi connectivity index (χ0n) is 13.5. The lowest BCUT2D eigenvalue weighted by Gasteiger charge is -2.59. The molecule has 1 spiro atoms. The second-order valence-electron chi connectivity index (χ2n) is 7.41. The van der Waals surface area contributed by atoms with Crippen molar-refractivity contribution >= 4 is 11.8 Å². The average Bonchev–Trinajstić information content (AvgIpc) is 3.33. The molecule has 6 heteroatoms. The highest BCUT2D eigenvalue weighted by Crippen LogP contribution is 2.48. The number of nitrogens with zero attached hydrogens (tertiary/aromatic N) is 3. The minimum absolute atomic E-state index is 0.0316. The molecule has 0 unspecified atom stereocenters. The first kappa shape index (κ1) is 15.1. The fraction of sp³-hybridized carbons (Fsp3) is 0.556. The summed E-state index contributed by atoms with van der Waals surface area (Å²) in [7, 11) is 0. The number of nitrogens with one attached hydrogen (secondary N) is 1. The van der Waals surface area contributed by atoms with Gasteiger partial charge in [0, 0.05) is 47.9 Å². The summed E-state index contributed by atoms with van der Waals surface area (Å²) in [5.74, 6) is 0.424. The molecule has 0 aromatic carbocycles. The summed E-state index contributed by atoms with van der Waals surface area (Å²) in [5, 5.41) is 11.7. The first-order valence-electron chi connectivity index (χ1n) is 8.50. The van der Waals surface area contributed by atoms with Crippen molar-refractivity contribution in [1.82, 2.24) is 15.2 Å². The van der Waals surface area contributed by atoms with Gasteiger partial charge < -0.3 is 10.2 Å². The smallest absolute Gasteiger partial charge is 0.251 e. The van der Waals surface area contributed by atoms with Gasteiger partial charge in [-0.15, -0.1) is 0 Å². The molecule has 0 radical (unpaired) electrons. The topological polar surface area (TPSA) is 86.1 Å². The van der Waals surface area contributed by atoms with Gasteiger partial charge in [-0.3, -0.25) is 14.6 Å². The standard InChI is InChI=1S/C18H20N4O2/c19-5-3-16(23)22-10-18(11-22)8-14(9-18)21-17(24)13-4-6-20-15(7-13)12-1-2-12/h4,6-7,12,14H,1-3,8-11H2,(H,21,24). The van der Waals surface area contributed by atoms with E-state index in [0.29, 0.717) is 11.5 Å². The minimum Gasteiger partial charge on any atom is -0.349 e. The zero-order valence-corrected chi connectivity index (χ0v) is 13.5. The minimum atomic E-state index is -0.0833. The van der Waals surface area contributed by atoms with Gasteiger partial charge in [0.15, 0.2) is 0 Å². The molecule has 4 rings (SSSR count). The maximum absolute atomic E-state index is 12.4. The van der Waals surface area contributed by atoms with Gasteiger partial charge in [-0.2, -0.15) is 5.26 Å². The summed E-state index contributed by atoms with van der Waals surface area (Å²) in [6.45, 7) is 1.45. The molecule has 2 aliphatic carbocycles. The van der Waals surface area contributed by atoms with E-state index >= 15 is 0 Å². The van der Waals surface area contributed by atoms with Crippen LogP contribution in [0.15, 0.2) is 18.3 Å². The van der Waals surface area contributed by atoms with Gasteiger partial charge in [-0.1, -0.05) is 0 Å². The van der Waals surface area contributed by atoms with Crippen LogP contribution in [-0.2, 0) is 4.79 Å². The van der Waals surface area contributed by atoms with Crippen LogP contribution >= 0.6 is 0 Å². The number of hydrogen-bond acceptors (Lipinski definition) is 4. The highest BCUT2D eigenvalue weighted by Gasteiger charge is 2.53. The molecule has 1 N–H and O–H groups in total. The van der Waals surface area contributed by atoms with Crippen molar-refractivity contribution in [2.45, 2.75) is 44.1 Å². The Morgan fingerprint density at radius 3 is 2.79 bits per heavy atom. The van der Waals surface area contributed by atoms with Crippen molar-refractivity contribution in [1.29, 1.82) is 5.26 Å². The normalized spacial score (nSPS) is 21.5. The van der Waals surface area contributed by atoms with Gasteiger partial charge in [-0.05, 0) is 37.8 Å². The van der Waals surface area contributed by atoms with Crippen molar-refractivity contribution in [3.05, 3.63) is 29.6 Å². The summed E-state index contributed by atoms with van der Waals surface area (Å²) in [5.41, 5.74) is 1.88. The van der Waals surface area contributed by atoms with Crippen LogP contribution in [0.25, 0.3) is 0 Å².